The van der Waals surface area contributed by atoms with Crippen LogP contribution in [-0.2, 0) is 4.79 Å². The first-order valence-corrected chi connectivity index (χ1v) is 5.07. The van der Waals surface area contributed by atoms with Crippen LogP contribution < -0.4 is 10.2 Å². The number of aromatic nitrogens is 1. The number of nitrogens with one attached hydrogen (secondary N) is 1. The molecule has 15 heavy (non-hydrogen) atoms. The lowest BCUT2D eigenvalue weighted by molar-refractivity contribution is -0.118. The maximum atomic E-state index is 11.7. The van der Waals surface area contributed by atoms with Crippen molar-refractivity contribution in [2.75, 3.05) is 25.5 Å². The van der Waals surface area contributed by atoms with E-state index in [0.29, 0.717) is 6.42 Å². The third kappa shape index (κ3) is 3.67. The van der Waals surface area contributed by atoms with E-state index in [1.165, 1.54) is 0 Å². The number of amides is 1. The van der Waals surface area contributed by atoms with Gasteiger partial charge in [0.05, 0.1) is 11.9 Å². The lowest BCUT2D eigenvalue weighted by atomic mass is 10.2. The summed E-state index contributed by atoms with van der Waals surface area (Å²) in [6, 6.07) is 3.70. The zero-order valence-electron chi connectivity index (χ0n) is 9.23. The Bertz CT molecular complexity index is 300. The van der Waals surface area contributed by atoms with Crippen molar-refractivity contribution >= 4 is 11.6 Å². The van der Waals surface area contributed by atoms with E-state index >= 15 is 0 Å². The molecule has 1 N–H and O–H groups in total. The Morgan fingerprint density at radius 2 is 2.40 bits per heavy atom. The van der Waals surface area contributed by atoms with Gasteiger partial charge in [-0.15, -0.1) is 0 Å². The highest BCUT2D eigenvalue weighted by Crippen LogP contribution is 2.10. The van der Waals surface area contributed by atoms with Crippen LogP contribution in [0.3, 0.4) is 0 Å². The van der Waals surface area contributed by atoms with Crippen molar-refractivity contribution in [3.05, 3.63) is 24.5 Å². The molecule has 0 radical (unpaired) electrons. The van der Waals surface area contributed by atoms with Crippen LogP contribution in [0.4, 0.5) is 5.69 Å². The Balaban J connectivity index is 2.46. The first-order chi connectivity index (χ1) is 7.25. The van der Waals surface area contributed by atoms with Crippen molar-refractivity contribution in [1.82, 2.24) is 10.3 Å². The zero-order valence-corrected chi connectivity index (χ0v) is 9.23. The number of carbonyl (C=O) groups is 1. The topological polar surface area (TPSA) is 45.2 Å². The summed E-state index contributed by atoms with van der Waals surface area (Å²) in [6.07, 6.45) is 4.81. The van der Waals surface area contributed by atoms with Crippen molar-refractivity contribution in [2.45, 2.75) is 12.8 Å². The molecule has 0 saturated carbocycles. The average molecular weight is 207 g/mol. The Kier molecular flexibility index (Phi) is 4.77. The fourth-order valence-electron chi connectivity index (χ4n) is 1.28. The van der Waals surface area contributed by atoms with Gasteiger partial charge in [-0.25, -0.2) is 0 Å². The maximum Gasteiger partial charge on any atom is 0.226 e. The van der Waals surface area contributed by atoms with E-state index in [4.69, 9.17) is 0 Å². The summed E-state index contributed by atoms with van der Waals surface area (Å²) in [5, 5.41) is 3.02. The number of hydrogen-bond donors (Lipinski definition) is 1. The molecule has 4 nitrogen and oxygen atoms in total. The van der Waals surface area contributed by atoms with E-state index in [9.17, 15) is 4.79 Å². The third-order valence-corrected chi connectivity index (χ3v) is 2.22. The van der Waals surface area contributed by atoms with Crippen molar-refractivity contribution < 1.29 is 4.79 Å². The van der Waals surface area contributed by atoms with Crippen LogP contribution in [0, 0.1) is 0 Å². The van der Waals surface area contributed by atoms with Crippen LogP contribution in [0.1, 0.15) is 12.8 Å². The van der Waals surface area contributed by atoms with Gasteiger partial charge in [0, 0.05) is 19.7 Å². The van der Waals surface area contributed by atoms with Crippen molar-refractivity contribution in [1.29, 1.82) is 0 Å². The maximum absolute atomic E-state index is 11.7. The summed E-state index contributed by atoms with van der Waals surface area (Å²) in [4.78, 5) is 17.3. The highest BCUT2D eigenvalue weighted by Gasteiger charge is 2.09. The van der Waals surface area contributed by atoms with Gasteiger partial charge in [-0.1, -0.05) is 0 Å². The molecule has 0 saturated heterocycles. The van der Waals surface area contributed by atoms with Gasteiger partial charge in [0.1, 0.15) is 0 Å². The molecule has 0 bridgehead atoms. The van der Waals surface area contributed by atoms with Gasteiger partial charge >= 0.3 is 0 Å². The number of rotatable bonds is 5. The first-order valence-electron chi connectivity index (χ1n) is 5.07. The van der Waals surface area contributed by atoms with Gasteiger partial charge < -0.3 is 10.2 Å². The molecule has 0 unspecified atom stereocenters. The normalized spacial score (nSPS) is 10.0. The second-order valence-electron chi connectivity index (χ2n) is 3.37. The molecule has 0 aliphatic rings. The molecule has 1 aromatic heterocycles. The molecule has 0 aliphatic carbocycles. The quantitative estimate of drug-likeness (QED) is 0.734. The summed E-state index contributed by atoms with van der Waals surface area (Å²) < 4.78 is 0. The fraction of sp³-hybridized carbons (Fsp3) is 0.455. The van der Waals surface area contributed by atoms with Crippen LogP contribution >= 0.6 is 0 Å². The predicted octanol–water partition coefficient (Wildman–Crippen LogP) is 1.04. The molecule has 0 fully saturated rings. The fourth-order valence-corrected chi connectivity index (χ4v) is 1.28. The zero-order chi connectivity index (χ0) is 11.1. The number of carbonyl (C=O) groups excluding carboxylic acids is 1. The summed E-state index contributed by atoms with van der Waals surface area (Å²) in [7, 11) is 3.66. The number of anilines is 1. The molecule has 82 valence electrons. The summed E-state index contributed by atoms with van der Waals surface area (Å²) in [5.41, 5.74) is 0.840. The molecule has 1 heterocycles. The van der Waals surface area contributed by atoms with Crippen LogP contribution in [0.15, 0.2) is 24.5 Å². The van der Waals surface area contributed by atoms with E-state index < -0.39 is 0 Å². The Morgan fingerprint density at radius 3 is 3.00 bits per heavy atom. The molecular weight excluding hydrogens is 190 g/mol. The largest absolute Gasteiger partial charge is 0.320 e. The van der Waals surface area contributed by atoms with E-state index in [-0.39, 0.29) is 5.91 Å². The Morgan fingerprint density at radius 1 is 1.60 bits per heavy atom. The number of hydrogen-bond acceptors (Lipinski definition) is 3. The second-order valence-corrected chi connectivity index (χ2v) is 3.37. The monoisotopic (exact) mass is 207 g/mol. The average Bonchev–Trinajstić information content (AvgIpc) is 2.29. The lowest BCUT2D eigenvalue weighted by Crippen LogP contribution is -2.26. The minimum atomic E-state index is 0.123. The summed E-state index contributed by atoms with van der Waals surface area (Å²) in [5.74, 6) is 0.123. The highest BCUT2D eigenvalue weighted by molar-refractivity contribution is 5.92. The van der Waals surface area contributed by atoms with Crippen LogP contribution in [0.5, 0.6) is 0 Å². The molecule has 1 amide bonds. The summed E-state index contributed by atoms with van der Waals surface area (Å²) >= 11 is 0. The molecule has 1 aromatic rings. The summed E-state index contributed by atoms with van der Waals surface area (Å²) in [6.45, 7) is 0.868. The number of nitrogens with zero attached hydrogens (tertiary/aromatic N) is 2. The molecule has 0 aliphatic heterocycles. The van der Waals surface area contributed by atoms with Crippen LogP contribution in [0.2, 0.25) is 0 Å². The SMILES string of the molecule is CNCCCC(=O)N(C)c1cccnc1. The van der Waals surface area contributed by atoms with Gasteiger partial charge in [-0.2, -0.15) is 0 Å². The predicted molar refractivity (Wildman–Crippen MR) is 60.8 cm³/mol. The highest BCUT2D eigenvalue weighted by atomic mass is 16.2. The molecule has 0 aromatic carbocycles. The molecule has 0 atom stereocenters. The van der Waals surface area contributed by atoms with E-state index in [1.807, 2.05) is 19.2 Å². The standard InChI is InChI=1S/C11H17N3O/c1-12-7-4-6-11(15)14(2)10-5-3-8-13-9-10/h3,5,8-9,12H,4,6-7H2,1-2H3. The smallest absolute Gasteiger partial charge is 0.226 e. The van der Waals surface area contributed by atoms with Crippen molar-refractivity contribution in [3.63, 3.8) is 0 Å². The van der Waals surface area contributed by atoms with Gasteiger partial charge in [0.25, 0.3) is 0 Å². The molecule has 1 rings (SSSR count). The van der Waals surface area contributed by atoms with E-state index in [2.05, 4.69) is 10.3 Å². The van der Waals surface area contributed by atoms with Gasteiger partial charge in [0.15, 0.2) is 0 Å². The minimum absolute atomic E-state index is 0.123. The van der Waals surface area contributed by atoms with Gasteiger partial charge in [0.2, 0.25) is 5.91 Å². The molecular formula is C11H17N3O. The van der Waals surface area contributed by atoms with Gasteiger partial charge in [-0.3, -0.25) is 9.78 Å². The minimum Gasteiger partial charge on any atom is -0.320 e. The van der Waals surface area contributed by atoms with Gasteiger partial charge in [-0.05, 0) is 32.1 Å². The first kappa shape index (κ1) is 11.7. The molecule has 4 heteroatoms. The van der Waals surface area contributed by atoms with Crippen LogP contribution in [0.25, 0.3) is 0 Å². The number of pyridine rings is 1. The third-order valence-electron chi connectivity index (χ3n) is 2.22. The second kappa shape index (κ2) is 6.14. The van der Waals surface area contributed by atoms with Crippen molar-refractivity contribution in [3.8, 4) is 0 Å². The van der Waals surface area contributed by atoms with Crippen LogP contribution in [-0.4, -0.2) is 31.5 Å². The Labute approximate surface area is 90.3 Å². The van der Waals surface area contributed by atoms with E-state index in [1.54, 1.807) is 24.3 Å². The lowest BCUT2D eigenvalue weighted by Gasteiger charge is -2.16. The Hall–Kier alpha value is -1.42. The molecule has 0 spiro atoms. The van der Waals surface area contributed by atoms with E-state index in [0.717, 1.165) is 18.7 Å². The van der Waals surface area contributed by atoms with Crippen molar-refractivity contribution in [2.24, 2.45) is 0 Å².